The van der Waals surface area contributed by atoms with Crippen molar-refractivity contribution < 1.29 is 37.3 Å². The van der Waals surface area contributed by atoms with E-state index in [-0.39, 0.29) is 25.8 Å². The molecule has 294 valence electrons. The van der Waals surface area contributed by atoms with Crippen molar-refractivity contribution in [3.05, 3.63) is 36.5 Å². The number of ether oxygens (including phenoxy) is 2. The first-order chi connectivity index (χ1) is 24.1. The van der Waals surface area contributed by atoms with Crippen molar-refractivity contribution in [2.45, 2.75) is 168 Å². The molecule has 0 spiro atoms. The Morgan fingerprint density at radius 1 is 0.620 bits per heavy atom. The SMILES string of the molecule is CCC/C=C\CCCCCCCCOCC(COP(=O)([O-])OCC[N+](C)(C)C)OC(=O)CCCCCCCCC/C=C\C/C=C\CCCCC. The number of phosphoric acid groups is 1. The van der Waals surface area contributed by atoms with Crippen LogP contribution in [0.15, 0.2) is 36.5 Å². The van der Waals surface area contributed by atoms with Crippen LogP contribution in [0.2, 0.25) is 0 Å². The van der Waals surface area contributed by atoms with Crippen molar-refractivity contribution >= 4 is 13.8 Å². The lowest BCUT2D eigenvalue weighted by atomic mass is 10.1. The minimum atomic E-state index is -4.52. The van der Waals surface area contributed by atoms with E-state index in [4.69, 9.17) is 18.5 Å². The minimum absolute atomic E-state index is 0.0228. The summed E-state index contributed by atoms with van der Waals surface area (Å²) in [5.74, 6) is -0.346. The smallest absolute Gasteiger partial charge is 0.306 e. The van der Waals surface area contributed by atoms with E-state index in [0.717, 1.165) is 44.9 Å². The highest BCUT2D eigenvalue weighted by Crippen LogP contribution is 2.38. The van der Waals surface area contributed by atoms with Gasteiger partial charge in [-0.25, -0.2) is 0 Å². The van der Waals surface area contributed by atoms with E-state index in [1.807, 2.05) is 21.1 Å². The van der Waals surface area contributed by atoms with Crippen LogP contribution >= 0.6 is 7.82 Å². The summed E-state index contributed by atoms with van der Waals surface area (Å²) in [6, 6.07) is 0. The average Bonchev–Trinajstić information content (AvgIpc) is 3.06. The molecule has 0 aliphatic carbocycles. The Morgan fingerprint density at radius 2 is 1.14 bits per heavy atom. The van der Waals surface area contributed by atoms with E-state index >= 15 is 0 Å². The molecule has 0 aromatic carbocycles. The van der Waals surface area contributed by atoms with Gasteiger partial charge in [0.15, 0.2) is 0 Å². The predicted molar refractivity (Wildman–Crippen MR) is 208 cm³/mol. The van der Waals surface area contributed by atoms with Crippen LogP contribution in [0.5, 0.6) is 0 Å². The summed E-state index contributed by atoms with van der Waals surface area (Å²) in [6.45, 7) is 5.30. The van der Waals surface area contributed by atoms with Gasteiger partial charge in [0.2, 0.25) is 0 Å². The average molecular weight is 728 g/mol. The van der Waals surface area contributed by atoms with Crippen LogP contribution in [-0.2, 0) is 27.9 Å². The van der Waals surface area contributed by atoms with Gasteiger partial charge in [0.1, 0.15) is 19.3 Å². The molecule has 50 heavy (non-hydrogen) atoms. The lowest BCUT2D eigenvalue weighted by molar-refractivity contribution is -0.870. The number of hydrogen-bond donors (Lipinski definition) is 0. The second-order valence-corrected chi connectivity index (χ2v) is 16.0. The highest BCUT2D eigenvalue weighted by molar-refractivity contribution is 7.45. The minimum Gasteiger partial charge on any atom is -0.756 e. The summed E-state index contributed by atoms with van der Waals surface area (Å²) < 4.78 is 34.4. The largest absolute Gasteiger partial charge is 0.756 e. The Balaban J connectivity index is 4.27. The second kappa shape index (κ2) is 34.8. The summed E-state index contributed by atoms with van der Waals surface area (Å²) in [7, 11) is 1.34. The fourth-order valence-corrected chi connectivity index (χ4v) is 5.95. The van der Waals surface area contributed by atoms with Crippen molar-refractivity contribution in [2.24, 2.45) is 0 Å². The summed E-state index contributed by atoms with van der Waals surface area (Å²) in [5, 5.41) is 0. The molecule has 2 atom stereocenters. The third-order valence-corrected chi connectivity index (χ3v) is 9.36. The highest BCUT2D eigenvalue weighted by atomic mass is 31.2. The second-order valence-electron chi connectivity index (χ2n) is 14.6. The molecular formula is C41H78NO7P. The third kappa shape index (κ3) is 38.0. The van der Waals surface area contributed by atoms with Crippen molar-refractivity contribution in [2.75, 3.05) is 54.1 Å². The Bertz CT molecular complexity index is 900. The molecule has 0 amide bonds. The molecule has 0 saturated heterocycles. The summed E-state index contributed by atoms with van der Waals surface area (Å²) in [5.41, 5.74) is 0. The van der Waals surface area contributed by atoms with Gasteiger partial charge in [-0.2, -0.15) is 0 Å². The first kappa shape index (κ1) is 48.7. The molecule has 0 bridgehead atoms. The number of likely N-dealkylation sites (N-methyl/N-ethyl adjacent to an activating group) is 1. The molecule has 0 aliphatic rings. The number of phosphoric ester groups is 1. The lowest BCUT2D eigenvalue weighted by Gasteiger charge is -2.28. The molecule has 8 nitrogen and oxygen atoms in total. The molecule has 0 heterocycles. The molecule has 0 fully saturated rings. The number of quaternary nitrogens is 1. The zero-order chi connectivity index (χ0) is 37.0. The Morgan fingerprint density at radius 3 is 1.72 bits per heavy atom. The van der Waals surface area contributed by atoms with Gasteiger partial charge < -0.3 is 27.9 Å². The summed E-state index contributed by atoms with van der Waals surface area (Å²) in [4.78, 5) is 25.0. The first-order valence-electron chi connectivity index (χ1n) is 20.2. The van der Waals surface area contributed by atoms with Crippen LogP contribution in [-0.4, -0.2) is 70.7 Å². The number of hydrogen-bond acceptors (Lipinski definition) is 7. The molecule has 0 rings (SSSR count). The van der Waals surface area contributed by atoms with Gasteiger partial charge >= 0.3 is 5.97 Å². The molecule has 2 unspecified atom stereocenters. The Hall–Kier alpha value is -1.28. The molecule has 0 N–H and O–H groups in total. The van der Waals surface area contributed by atoms with E-state index in [2.05, 4.69) is 50.3 Å². The van der Waals surface area contributed by atoms with Gasteiger partial charge in [-0.15, -0.1) is 0 Å². The first-order valence-corrected chi connectivity index (χ1v) is 21.7. The molecule has 0 aliphatic heterocycles. The fourth-order valence-electron chi connectivity index (χ4n) is 5.22. The molecule has 0 saturated carbocycles. The van der Waals surface area contributed by atoms with Gasteiger partial charge in [0.25, 0.3) is 7.82 Å². The van der Waals surface area contributed by atoms with Crippen LogP contribution in [0, 0.1) is 0 Å². The maximum absolute atomic E-state index is 12.6. The monoisotopic (exact) mass is 728 g/mol. The van der Waals surface area contributed by atoms with Gasteiger partial charge in [0.05, 0.1) is 34.4 Å². The van der Waals surface area contributed by atoms with Crippen molar-refractivity contribution in [1.82, 2.24) is 0 Å². The van der Waals surface area contributed by atoms with Crippen LogP contribution in [0.4, 0.5) is 0 Å². The molecular weight excluding hydrogens is 649 g/mol. The third-order valence-electron chi connectivity index (χ3n) is 8.39. The zero-order valence-corrected chi connectivity index (χ0v) is 34.0. The quantitative estimate of drug-likeness (QED) is 0.0207. The van der Waals surface area contributed by atoms with E-state index in [9.17, 15) is 14.3 Å². The maximum atomic E-state index is 12.6. The Kier molecular flexibility index (Phi) is 33.9. The summed E-state index contributed by atoms with van der Waals surface area (Å²) in [6.07, 6.45) is 38.6. The lowest BCUT2D eigenvalue weighted by Crippen LogP contribution is -2.37. The zero-order valence-electron chi connectivity index (χ0n) is 33.1. The van der Waals surface area contributed by atoms with E-state index in [1.165, 1.54) is 96.3 Å². The van der Waals surface area contributed by atoms with Gasteiger partial charge in [-0.3, -0.25) is 9.36 Å². The standard InChI is InChI=1S/C41H78NO7P/c1-6-8-10-12-14-16-18-19-20-21-22-23-24-26-28-30-32-34-41(43)49-40(39-48-50(44,45)47-37-35-42(3,4)5)38-46-36-33-31-29-27-25-17-15-13-11-9-7-2/h11,13-14,16,19-20,40H,6-10,12,15,17-18,21-39H2,1-5H3/b13-11-,16-14-,20-19-. The summed E-state index contributed by atoms with van der Waals surface area (Å²) >= 11 is 0. The number of rotatable bonds is 37. The van der Waals surface area contributed by atoms with Crippen LogP contribution < -0.4 is 4.89 Å². The van der Waals surface area contributed by atoms with Gasteiger partial charge in [0, 0.05) is 13.0 Å². The number of unbranched alkanes of at least 4 members (excludes halogenated alkanes) is 17. The number of nitrogens with zero attached hydrogens (tertiary/aromatic N) is 1. The number of carbonyl (C=O) groups excluding carboxylic acids is 1. The number of esters is 1. The van der Waals surface area contributed by atoms with E-state index in [1.54, 1.807) is 0 Å². The van der Waals surface area contributed by atoms with Crippen molar-refractivity contribution in [3.8, 4) is 0 Å². The molecule has 0 radical (unpaired) electrons. The van der Waals surface area contributed by atoms with Gasteiger partial charge in [-0.1, -0.05) is 127 Å². The molecule has 0 aromatic rings. The number of carbonyl (C=O) groups is 1. The molecule has 9 heteroatoms. The Labute approximate surface area is 308 Å². The van der Waals surface area contributed by atoms with Gasteiger partial charge in [-0.05, 0) is 64.2 Å². The topological polar surface area (TPSA) is 94.1 Å². The van der Waals surface area contributed by atoms with E-state index in [0.29, 0.717) is 24.1 Å². The normalized spacial score (nSPS) is 14.3. The number of allylic oxidation sites excluding steroid dienone is 6. The molecule has 0 aromatic heterocycles. The van der Waals surface area contributed by atoms with E-state index < -0.39 is 13.9 Å². The highest BCUT2D eigenvalue weighted by Gasteiger charge is 2.20. The fraction of sp³-hybridized carbons (Fsp3) is 0.829. The maximum Gasteiger partial charge on any atom is 0.306 e. The van der Waals surface area contributed by atoms with Crippen LogP contribution in [0.3, 0.4) is 0 Å². The van der Waals surface area contributed by atoms with Crippen molar-refractivity contribution in [3.63, 3.8) is 0 Å². The van der Waals surface area contributed by atoms with Crippen LogP contribution in [0.25, 0.3) is 0 Å². The van der Waals surface area contributed by atoms with Crippen molar-refractivity contribution in [1.29, 1.82) is 0 Å². The predicted octanol–water partition coefficient (Wildman–Crippen LogP) is 10.8. The van der Waals surface area contributed by atoms with Crippen LogP contribution in [0.1, 0.15) is 162 Å².